The van der Waals surface area contributed by atoms with Crippen LogP contribution >= 0.6 is 0 Å². The molecule has 1 heteroatoms. The third-order valence-corrected chi connectivity index (χ3v) is 4.09. The van der Waals surface area contributed by atoms with Crippen LogP contribution in [0.5, 0.6) is 0 Å². The van der Waals surface area contributed by atoms with Gasteiger partial charge in [-0.3, -0.25) is 0 Å². The SMILES string of the molecule is Cc1cccc[n+]1CCCC#Cc1ccc(-c2ccccc2)cc1. The molecular formula is C23H22N+. The van der Waals surface area contributed by atoms with Crippen LogP contribution in [-0.2, 0) is 6.54 Å². The van der Waals surface area contributed by atoms with Gasteiger partial charge in [0, 0.05) is 37.5 Å². The van der Waals surface area contributed by atoms with Crippen molar-refractivity contribution in [2.45, 2.75) is 26.3 Å². The maximum atomic E-state index is 3.29. The van der Waals surface area contributed by atoms with Crippen LogP contribution in [0.2, 0.25) is 0 Å². The van der Waals surface area contributed by atoms with Crippen LogP contribution in [0.3, 0.4) is 0 Å². The fourth-order valence-electron chi connectivity index (χ4n) is 2.69. The lowest BCUT2D eigenvalue weighted by Crippen LogP contribution is -2.36. The Hall–Kier alpha value is -2.85. The number of unbranched alkanes of at least 4 members (excludes halogenated alkanes) is 1. The fraction of sp³-hybridized carbons (Fsp3) is 0.174. The van der Waals surface area contributed by atoms with Gasteiger partial charge in [-0.25, -0.2) is 4.57 Å². The number of hydrogen-bond acceptors (Lipinski definition) is 0. The minimum atomic E-state index is 0.918. The van der Waals surface area contributed by atoms with E-state index < -0.39 is 0 Å². The largest absolute Gasteiger partial charge is 0.203 e. The summed E-state index contributed by atoms with van der Waals surface area (Å²) in [4.78, 5) is 0. The summed E-state index contributed by atoms with van der Waals surface area (Å²) in [6, 6.07) is 25.2. The zero-order valence-electron chi connectivity index (χ0n) is 14.1. The highest BCUT2D eigenvalue weighted by Gasteiger charge is 2.02. The first kappa shape index (κ1) is 16.0. The number of rotatable bonds is 4. The predicted octanol–water partition coefficient (Wildman–Crippen LogP) is 4.78. The first-order valence-corrected chi connectivity index (χ1v) is 8.42. The quantitative estimate of drug-likeness (QED) is 0.371. The smallest absolute Gasteiger partial charge is 0.178 e. The third-order valence-electron chi connectivity index (χ3n) is 4.09. The number of pyridine rings is 1. The molecule has 0 aliphatic rings. The van der Waals surface area contributed by atoms with Crippen molar-refractivity contribution in [1.82, 2.24) is 0 Å². The second-order valence-corrected chi connectivity index (χ2v) is 5.88. The zero-order valence-corrected chi connectivity index (χ0v) is 14.1. The van der Waals surface area contributed by atoms with Crippen molar-refractivity contribution in [3.8, 4) is 23.0 Å². The molecule has 118 valence electrons. The molecule has 0 spiro atoms. The molecule has 0 saturated heterocycles. The van der Waals surface area contributed by atoms with E-state index in [1.165, 1.54) is 16.8 Å². The van der Waals surface area contributed by atoms with E-state index in [2.05, 4.69) is 96.3 Å². The molecule has 1 aromatic heterocycles. The van der Waals surface area contributed by atoms with Gasteiger partial charge in [0.15, 0.2) is 11.9 Å². The lowest BCUT2D eigenvalue weighted by Gasteiger charge is -2.00. The summed E-state index contributed by atoms with van der Waals surface area (Å²) in [7, 11) is 0. The van der Waals surface area contributed by atoms with Gasteiger partial charge in [-0.15, -0.1) is 0 Å². The van der Waals surface area contributed by atoms with Crippen molar-refractivity contribution in [3.05, 3.63) is 90.3 Å². The topological polar surface area (TPSA) is 3.88 Å². The van der Waals surface area contributed by atoms with E-state index in [1.807, 2.05) is 6.07 Å². The van der Waals surface area contributed by atoms with Gasteiger partial charge in [0.2, 0.25) is 0 Å². The zero-order chi connectivity index (χ0) is 16.6. The maximum Gasteiger partial charge on any atom is 0.178 e. The molecule has 1 heterocycles. The van der Waals surface area contributed by atoms with Gasteiger partial charge in [0.05, 0.1) is 0 Å². The number of benzene rings is 2. The number of aromatic nitrogens is 1. The molecule has 0 bridgehead atoms. The van der Waals surface area contributed by atoms with Crippen molar-refractivity contribution in [2.24, 2.45) is 0 Å². The van der Waals surface area contributed by atoms with Gasteiger partial charge < -0.3 is 0 Å². The summed E-state index contributed by atoms with van der Waals surface area (Å²) >= 11 is 0. The van der Waals surface area contributed by atoms with Gasteiger partial charge >= 0.3 is 0 Å². The highest BCUT2D eigenvalue weighted by molar-refractivity contribution is 5.64. The molecule has 0 amide bonds. The highest BCUT2D eigenvalue weighted by atomic mass is 14.9. The Kier molecular flexibility index (Phi) is 5.43. The molecule has 3 rings (SSSR count). The molecule has 1 nitrogen and oxygen atoms in total. The molecule has 0 fully saturated rings. The van der Waals surface area contributed by atoms with Gasteiger partial charge in [-0.05, 0) is 23.3 Å². The van der Waals surface area contributed by atoms with E-state index in [4.69, 9.17) is 0 Å². The lowest BCUT2D eigenvalue weighted by molar-refractivity contribution is -0.703. The summed E-state index contributed by atoms with van der Waals surface area (Å²) in [5.74, 6) is 6.55. The maximum absolute atomic E-state index is 3.29. The van der Waals surface area contributed by atoms with Crippen LogP contribution in [0.15, 0.2) is 79.0 Å². The van der Waals surface area contributed by atoms with E-state index in [9.17, 15) is 0 Å². The van der Waals surface area contributed by atoms with Crippen molar-refractivity contribution in [1.29, 1.82) is 0 Å². The second-order valence-electron chi connectivity index (χ2n) is 5.88. The van der Waals surface area contributed by atoms with E-state index >= 15 is 0 Å². The molecule has 0 aliphatic heterocycles. The van der Waals surface area contributed by atoms with Crippen LogP contribution < -0.4 is 4.57 Å². The fourth-order valence-corrected chi connectivity index (χ4v) is 2.69. The molecule has 2 aromatic carbocycles. The Morgan fingerprint density at radius 3 is 2.25 bits per heavy atom. The minimum Gasteiger partial charge on any atom is -0.203 e. The lowest BCUT2D eigenvalue weighted by atomic mass is 10.0. The number of aryl methyl sites for hydroxylation is 2. The van der Waals surface area contributed by atoms with Gasteiger partial charge in [-0.2, -0.15) is 0 Å². The Morgan fingerprint density at radius 1 is 0.792 bits per heavy atom. The summed E-state index contributed by atoms with van der Waals surface area (Å²) < 4.78 is 2.27. The van der Waals surface area contributed by atoms with Gasteiger partial charge in [0.25, 0.3) is 0 Å². The van der Waals surface area contributed by atoms with E-state index in [1.54, 1.807) is 0 Å². The molecule has 0 radical (unpaired) electrons. The summed E-state index contributed by atoms with van der Waals surface area (Å²) in [6.07, 6.45) is 4.12. The van der Waals surface area contributed by atoms with Gasteiger partial charge in [0.1, 0.15) is 6.54 Å². The van der Waals surface area contributed by atoms with E-state index in [0.29, 0.717) is 0 Å². The van der Waals surface area contributed by atoms with E-state index in [0.717, 1.165) is 24.9 Å². The van der Waals surface area contributed by atoms with E-state index in [-0.39, 0.29) is 0 Å². The highest BCUT2D eigenvalue weighted by Crippen LogP contribution is 2.18. The summed E-state index contributed by atoms with van der Waals surface area (Å²) in [5.41, 5.74) is 4.85. The van der Waals surface area contributed by atoms with Crippen molar-refractivity contribution in [3.63, 3.8) is 0 Å². The average molecular weight is 312 g/mol. The molecular weight excluding hydrogens is 290 g/mol. The van der Waals surface area contributed by atoms with Crippen molar-refractivity contribution < 1.29 is 4.57 Å². The molecule has 24 heavy (non-hydrogen) atoms. The van der Waals surface area contributed by atoms with Gasteiger partial charge in [-0.1, -0.05) is 60.4 Å². The minimum absolute atomic E-state index is 0.918. The molecule has 3 aromatic rings. The van der Waals surface area contributed by atoms with Crippen LogP contribution in [-0.4, -0.2) is 0 Å². The Bertz CT molecular complexity index is 836. The molecule has 0 saturated carbocycles. The Morgan fingerprint density at radius 2 is 1.50 bits per heavy atom. The van der Waals surface area contributed by atoms with Crippen molar-refractivity contribution >= 4 is 0 Å². The molecule has 0 aliphatic carbocycles. The Balaban J connectivity index is 1.54. The number of nitrogens with zero attached hydrogens (tertiary/aromatic N) is 1. The number of hydrogen-bond donors (Lipinski definition) is 0. The second kappa shape index (κ2) is 8.13. The first-order valence-electron chi connectivity index (χ1n) is 8.42. The monoisotopic (exact) mass is 312 g/mol. The van der Waals surface area contributed by atoms with Crippen LogP contribution in [0.25, 0.3) is 11.1 Å². The molecule has 0 unspecified atom stereocenters. The summed E-state index contributed by atoms with van der Waals surface area (Å²) in [6.45, 7) is 3.16. The van der Waals surface area contributed by atoms with Crippen LogP contribution in [0, 0.1) is 18.8 Å². The normalized spacial score (nSPS) is 10.0. The standard InChI is InChI=1S/C23H22N/c1-20-10-7-9-19-24(20)18-8-3-4-11-21-14-16-23(17-15-21)22-12-5-2-6-13-22/h2,5-7,9-10,12-17,19H,3,8,18H2,1H3/q+1. The average Bonchev–Trinajstić information content (AvgIpc) is 2.64. The van der Waals surface area contributed by atoms with Crippen LogP contribution in [0.1, 0.15) is 24.1 Å². The third kappa shape index (κ3) is 4.33. The Labute approximate surface area is 144 Å². The summed E-state index contributed by atoms with van der Waals surface area (Å²) in [5, 5.41) is 0. The van der Waals surface area contributed by atoms with Crippen molar-refractivity contribution in [2.75, 3.05) is 0 Å². The first-order chi connectivity index (χ1) is 11.8. The molecule has 0 N–H and O–H groups in total. The molecule has 0 atom stereocenters. The predicted molar refractivity (Wildman–Crippen MR) is 99.4 cm³/mol. The van der Waals surface area contributed by atoms with Crippen LogP contribution in [0.4, 0.5) is 0 Å².